The van der Waals surface area contributed by atoms with Gasteiger partial charge in [0.2, 0.25) is 0 Å². The van der Waals surface area contributed by atoms with Crippen molar-refractivity contribution in [3.05, 3.63) is 52.3 Å². The third-order valence-electron chi connectivity index (χ3n) is 2.40. The lowest BCUT2D eigenvalue weighted by molar-refractivity contribution is 0.210. The molecule has 2 N–H and O–H groups in total. The Morgan fingerprint density at radius 2 is 1.74 bits per heavy atom. The van der Waals surface area contributed by atoms with Crippen LogP contribution < -0.4 is 5.32 Å². The third-order valence-corrected chi connectivity index (χ3v) is 2.83. The quantitative estimate of drug-likeness (QED) is 0.829. The Morgan fingerprint density at radius 3 is 2.32 bits per heavy atom. The van der Waals surface area contributed by atoms with Crippen LogP contribution in [0.4, 0.5) is 14.9 Å². The van der Waals surface area contributed by atoms with Gasteiger partial charge in [-0.1, -0.05) is 23.2 Å². The summed E-state index contributed by atoms with van der Waals surface area (Å²) >= 11 is 11.8. The van der Waals surface area contributed by atoms with Crippen LogP contribution in [0.2, 0.25) is 10.0 Å². The summed E-state index contributed by atoms with van der Waals surface area (Å²) in [5.41, 5.74) is 1.15. The van der Waals surface area contributed by atoms with Gasteiger partial charge in [-0.15, -0.1) is 0 Å². The van der Waals surface area contributed by atoms with Crippen LogP contribution in [0, 0.1) is 5.82 Å². The van der Waals surface area contributed by atoms with Crippen molar-refractivity contribution in [2.45, 2.75) is 0 Å². The van der Waals surface area contributed by atoms with E-state index in [-0.39, 0.29) is 5.69 Å². The molecule has 19 heavy (non-hydrogen) atoms. The molecule has 3 nitrogen and oxygen atoms in total. The zero-order valence-corrected chi connectivity index (χ0v) is 11.0. The average molecular weight is 300 g/mol. The molecule has 0 spiro atoms. The Labute approximate surface area is 118 Å². The number of hydrogen-bond donors (Lipinski definition) is 2. The van der Waals surface area contributed by atoms with E-state index in [1.54, 1.807) is 12.1 Å². The molecule has 0 aliphatic rings. The molecule has 0 radical (unpaired) electrons. The Morgan fingerprint density at radius 1 is 1.11 bits per heavy atom. The maximum absolute atomic E-state index is 13.3. The summed E-state index contributed by atoms with van der Waals surface area (Å²) in [7, 11) is 0. The Bertz CT molecular complexity index is 626. The fraction of sp³-hybridized carbons (Fsp3) is 0. The normalized spacial score (nSPS) is 10.3. The van der Waals surface area contributed by atoms with Crippen molar-refractivity contribution >= 4 is 35.0 Å². The zero-order chi connectivity index (χ0) is 14.0. The van der Waals surface area contributed by atoms with Crippen LogP contribution in [0.25, 0.3) is 11.1 Å². The zero-order valence-electron chi connectivity index (χ0n) is 9.45. The van der Waals surface area contributed by atoms with Crippen LogP contribution >= 0.6 is 23.2 Å². The summed E-state index contributed by atoms with van der Waals surface area (Å²) in [6.45, 7) is 0. The number of rotatable bonds is 2. The molecule has 0 bridgehead atoms. The van der Waals surface area contributed by atoms with E-state index < -0.39 is 11.9 Å². The molecule has 0 aliphatic carbocycles. The number of hydrogen-bond acceptors (Lipinski definition) is 1. The summed E-state index contributed by atoms with van der Waals surface area (Å²) in [4.78, 5) is 10.7. The minimum atomic E-state index is -1.24. The molecule has 0 unspecified atom stereocenters. The predicted molar refractivity (Wildman–Crippen MR) is 73.5 cm³/mol. The highest BCUT2D eigenvalue weighted by Gasteiger charge is 2.10. The first-order valence-corrected chi connectivity index (χ1v) is 5.97. The van der Waals surface area contributed by atoms with Crippen LogP contribution in [0.15, 0.2) is 36.4 Å². The molecule has 6 heteroatoms. The van der Waals surface area contributed by atoms with Gasteiger partial charge < -0.3 is 5.11 Å². The van der Waals surface area contributed by atoms with E-state index in [1.165, 1.54) is 24.3 Å². The van der Waals surface area contributed by atoms with E-state index in [9.17, 15) is 9.18 Å². The minimum absolute atomic E-state index is 0.257. The van der Waals surface area contributed by atoms with E-state index in [1.807, 2.05) is 0 Å². The van der Waals surface area contributed by atoms with Crippen LogP contribution in [-0.2, 0) is 0 Å². The van der Waals surface area contributed by atoms with E-state index in [2.05, 4.69) is 5.32 Å². The van der Waals surface area contributed by atoms with Crippen LogP contribution in [0.1, 0.15) is 0 Å². The van der Waals surface area contributed by atoms with E-state index in [4.69, 9.17) is 28.3 Å². The molecular weight excluding hydrogens is 292 g/mol. The topological polar surface area (TPSA) is 49.3 Å². The predicted octanol–water partition coefficient (Wildman–Crippen LogP) is 4.89. The summed E-state index contributed by atoms with van der Waals surface area (Å²) < 4.78 is 13.3. The maximum atomic E-state index is 13.3. The molecule has 0 fully saturated rings. The number of carbonyl (C=O) groups is 1. The van der Waals surface area contributed by atoms with Crippen LogP contribution in [0.5, 0.6) is 0 Å². The minimum Gasteiger partial charge on any atom is -0.465 e. The fourth-order valence-corrected chi connectivity index (χ4v) is 2.21. The van der Waals surface area contributed by atoms with Gasteiger partial charge >= 0.3 is 6.09 Å². The van der Waals surface area contributed by atoms with Gasteiger partial charge in [0.1, 0.15) is 5.82 Å². The highest BCUT2D eigenvalue weighted by atomic mass is 35.5. The monoisotopic (exact) mass is 299 g/mol. The Hall–Kier alpha value is -1.78. The summed E-state index contributed by atoms with van der Waals surface area (Å²) in [5, 5.41) is 11.7. The first-order valence-electron chi connectivity index (χ1n) is 5.21. The summed E-state index contributed by atoms with van der Waals surface area (Å²) in [6.07, 6.45) is -1.24. The molecule has 2 rings (SSSR count). The number of carboxylic acid groups (broad SMARTS) is 1. The molecular formula is C13H8Cl2FNO2. The van der Waals surface area contributed by atoms with Gasteiger partial charge in [0.15, 0.2) is 0 Å². The van der Waals surface area contributed by atoms with Crippen molar-refractivity contribution in [3.8, 4) is 11.1 Å². The second-order valence-corrected chi connectivity index (χ2v) is 4.65. The molecule has 0 aliphatic heterocycles. The van der Waals surface area contributed by atoms with Gasteiger partial charge in [-0.3, -0.25) is 5.32 Å². The van der Waals surface area contributed by atoms with E-state index in [0.717, 1.165) is 0 Å². The number of anilines is 1. The lowest BCUT2D eigenvalue weighted by Crippen LogP contribution is -2.08. The van der Waals surface area contributed by atoms with Crippen LogP contribution in [0.3, 0.4) is 0 Å². The van der Waals surface area contributed by atoms with E-state index in [0.29, 0.717) is 21.2 Å². The molecule has 0 heterocycles. The van der Waals surface area contributed by atoms with Crippen molar-refractivity contribution in [1.82, 2.24) is 0 Å². The number of benzene rings is 2. The van der Waals surface area contributed by atoms with Gasteiger partial charge in [-0.2, -0.15) is 0 Å². The second-order valence-electron chi connectivity index (χ2n) is 3.78. The van der Waals surface area contributed by atoms with Gasteiger partial charge in [-0.05, 0) is 42.0 Å². The lowest BCUT2D eigenvalue weighted by Gasteiger charge is -2.10. The Balaban J connectivity index is 2.58. The maximum Gasteiger partial charge on any atom is 0.409 e. The smallest absolute Gasteiger partial charge is 0.409 e. The number of halogens is 3. The molecule has 98 valence electrons. The molecule has 1 amide bonds. The molecule has 2 aromatic carbocycles. The van der Waals surface area contributed by atoms with Gasteiger partial charge in [0, 0.05) is 15.6 Å². The molecule has 0 saturated heterocycles. The fourth-order valence-electron chi connectivity index (χ4n) is 1.69. The third kappa shape index (κ3) is 3.36. The lowest BCUT2D eigenvalue weighted by atomic mass is 10.0. The number of amides is 1. The van der Waals surface area contributed by atoms with Gasteiger partial charge in [0.05, 0.1) is 5.69 Å². The van der Waals surface area contributed by atoms with Crippen molar-refractivity contribution in [2.75, 3.05) is 5.32 Å². The highest BCUT2D eigenvalue weighted by Crippen LogP contribution is 2.32. The van der Waals surface area contributed by atoms with Crippen molar-refractivity contribution in [2.24, 2.45) is 0 Å². The Kier molecular flexibility index (Phi) is 3.93. The van der Waals surface area contributed by atoms with Crippen molar-refractivity contribution < 1.29 is 14.3 Å². The summed E-state index contributed by atoms with van der Waals surface area (Å²) in [5.74, 6) is -0.484. The standard InChI is InChI=1S/C13H8Cl2FNO2/c14-8-3-7(4-9(15)5-8)11-6-10(16)1-2-12(11)17-13(18)19/h1-6,17H,(H,18,19). The van der Waals surface area contributed by atoms with Crippen molar-refractivity contribution in [1.29, 1.82) is 0 Å². The average Bonchev–Trinajstić information content (AvgIpc) is 2.29. The van der Waals surface area contributed by atoms with E-state index >= 15 is 0 Å². The van der Waals surface area contributed by atoms with Gasteiger partial charge in [-0.25, -0.2) is 9.18 Å². The molecule has 2 aromatic rings. The molecule has 0 atom stereocenters. The van der Waals surface area contributed by atoms with Gasteiger partial charge in [0.25, 0.3) is 0 Å². The second kappa shape index (κ2) is 5.47. The molecule has 0 aromatic heterocycles. The summed E-state index contributed by atoms with van der Waals surface area (Å²) in [6, 6.07) is 8.42. The first kappa shape index (κ1) is 13.6. The largest absolute Gasteiger partial charge is 0.465 e. The number of nitrogens with one attached hydrogen (secondary N) is 1. The highest BCUT2D eigenvalue weighted by molar-refractivity contribution is 6.35. The first-order chi connectivity index (χ1) is 8.95. The van der Waals surface area contributed by atoms with Crippen LogP contribution in [-0.4, -0.2) is 11.2 Å². The molecule has 0 saturated carbocycles. The van der Waals surface area contributed by atoms with Crippen molar-refractivity contribution in [3.63, 3.8) is 0 Å². The SMILES string of the molecule is O=C(O)Nc1ccc(F)cc1-c1cc(Cl)cc(Cl)c1.